The topological polar surface area (TPSA) is 98.4 Å². The Morgan fingerprint density at radius 3 is 2.62 bits per heavy atom. The minimum Gasteiger partial charge on any atom is -0.368 e. The Labute approximate surface area is 217 Å². The maximum Gasteiger partial charge on any atom is 0.161 e. The largest absolute Gasteiger partial charge is 0.368 e. The maximum absolute atomic E-state index is 4.99. The van der Waals surface area contributed by atoms with Crippen LogP contribution in [0.3, 0.4) is 0 Å². The van der Waals surface area contributed by atoms with Gasteiger partial charge in [0.2, 0.25) is 0 Å². The molecule has 5 heterocycles. The molecule has 190 valence electrons. The van der Waals surface area contributed by atoms with Crippen LogP contribution in [-0.2, 0) is 0 Å². The average Bonchev–Trinajstić information content (AvgIpc) is 3.54. The molecule has 0 aliphatic carbocycles. The van der Waals surface area contributed by atoms with Crippen molar-refractivity contribution in [3.8, 4) is 11.5 Å². The number of imidazole rings is 1. The van der Waals surface area contributed by atoms with Gasteiger partial charge in [0.15, 0.2) is 11.5 Å². The fourth-order valence-corrected chi connectivity index (χ4v) is 4.57. The zero-order valence-electron chi connectivity index (χ0n) is 21.8. The van der Waals surface area contributed by atoms with Crippen LogP contribution >= 0.6 is 0 Å². The fraction of sp³-hybridized carbons (Fsp3) is 0.310. The van der Waals surface area contributed by atoms with Crippen molar-refractivity contribution in [3.63, 3.8) is 0 Å². The Hall–Kier alpha value is -4.20. The second-order valence-electron chi connectivity index (χ2n) is 9.71. The van der Waals surface area contributed by atoms with E-state index in [-0.39, 0.29) is 0 Å². The van der Waals surface area contributed by atoms with Gasteiger partial charge in [-0.2, -0.15) is 5.10 Å². The van der Waals surface area contributed by atoms with Crippen molar-refractivity contribution in [1.82, 2.24) is 35.5 Å². The second-order valence-corrected chi connectivity index (χ2v) is 9.71. The first-order valence-corrected chi connectivity index (χ1v) is 12.9. The molecule has 0 saturated carbocycles. The number of hydrogen-bond donors (Lipinski definition) is 3. The van der Waals surface area contributed by atoms with E-state index in [4.69, 9.17) is 9.97 Å². The van der Waals surface area contributed by atoms with Crippen molar-refractivity contribution >= 4 is 33.3 Å². The van der Waals surface area contributed by atoms with Gasteiger partial charge in [0.25, 0.3) is 0 Å². The lowest BCUT2D eigenvalue weighted by molar-refractivity contribution is 0.578. The van der Waals surface area contributed by atoms with E-state index in [1.165, 1.54) is 19.3 Å². The van der Waals surface area contributed by atoms with E-state index < -0.39 is 0 Å². The molecule has 0 unspecified atom stereocenters. The number of fused-ring (bicyclic) bond motifs is 2. The molecule has 0 bridgehead atoms. The van der Waals surface area contributed by atoms with Gasteiger partial charge in [0, 0.05) is 24.5 Å². The van der Waals surface area contributed by atoms with E-state index in [9.17, 15) is 0 Å². The number of piperidine rings is 1. The number of hydrogen-bond acceptors (Lipinski definition) is 6. The first kappa shape index (κ1) is 24.5. The number of pyridine rings is 2. The molecule has 0 aromatic carbocycles. The number of nitrogens with one attached hydrogen (secondary N) is 3. The van der Waals surface area contributed by atoms with Gasteiger partial charge in [-0.1, -0.05) is 33.1 Å². The number of H-pyrrole nitrogens is 2. The van der Waals surface area contributed by atoms with Crippen LogP contribution in [0.1, 0.15) is 45.7 Å². The summed E-state index contributed by atoms with van der Waals surface area (Å²) in [6, 6.07) is 3.99. The van der Waals surface area contributed by atoms with Crippen LogP contribution in [0.2, 0.25) is 0 Å². The van der Waals surface area contributed by atoms with E-state index in [1.807, 2.05) is 43.6 Å². The predicted molar refractivity (Wildman–Crippen MR) is 152 cm³/mol. The molecule has 37 heavy (non-hydrogen) atoms. The molecule has 4 aromatic heterocycles. The summed E-state index contributed by atoms with van der Waals surface area (Å²) in [5.74, 6) is 0.992. The van der Waals surface area contributed by atoms with Gasteiger partial charge in [-0.05, 0) is 62.0 Å². The number of rotatable bonds is 8. The third kappa shape index (κ3) is 4.91. The fourth-order valence-electron chi connectivity index (χ4n) is 4.57. The quantitative estimate of drug-likeness (QED) is 0.255. The third-order valence-corrected chi connectivity index (χ3v) is 6.84. The smallest absolute Gasteiger partial charge is 0.161 e. The molecule has 0 spiro atoms. The molecule has 0 radical (unpaired) electrons. The summed E-state index contributed by atoms with van der Waals surface area (Å²) in [5, 5.41) is 11.0. The lowest BCUT2D eigenvalue weighted by Crippen LogP contribution is -2.29. The molecule has 4 aromatic rings. The monoisotopic (exact) mass is 494 g/mol. The van der Waals surface area contributed by atoms with Crippen LogP contribution in [0, 0.1) is 5.92 Å². The van der Waals surface area contributed by atoms with Crippen LogP contribution in [-0.4, -0.2) is 43.2 Å². The average molecular weight is 495 g/mol. The van der Waals surface area contributed by atoms with E-state index >= 15 is 0 Å². The molecule has 8 nitrogen and oxygen atoms in total. The highest BCUT2D eigenvalue weighted by atomic mass is 15.2. The van der Waals surface area contributed by atoms with E-state index in [0.29, 0.717) is 17.4 Å². The number of aromatic amines is 2. The van der Waals surface area contributed by atoms with Crippen LogP contribution in [0.5, 0.6) is 0 Å². The molecule has 3 N–H and O–H groups in total. The Bertz CT molecular complexity index is 1510. The van der Waals surface area contributed by atoms with Crippen molar-refractivity contribution < 1.29 is 0 Å². The molecular formula is C29H34N8. The van der Waals surface area contributed by atoms with E-state index in [1.54, 1.807) is 6.08 Å². The van der Waals surface area contributed by atoms with Gasteiger partial charge in [0.1, 0.15) is 11.0 Å². The van der Waals surface area contributed by atoms with Crippen LogP contribution in [0.25, 0.3) is 39.2 Å². The standard InChI is InChI=1S/C29H34N8/c1-6-20(15-21(7-2)31-19(5)18(3)4)22-11-12-23-27(32-22)28(36-35-23)29-33-24-16-30-17-25(26(24)34-29)37-13-9-8-10-14-37/h6-7,11-12,15-18,31H,2,5,8-10,13-14H2,1,3-4H3,(H,33,34)(H,35,36)/b20-6+,21-15+. The van der Waals surface area contributed by atoms with Crippen LogP contribution in [0.15, 0.2) is 67.3 Å². The van der Waals surface area contributed by atoms with Gasteiger partial charge in [-0.15, -0.1) is 0 Å². The number of anilines is 1. The van der Waals surface area contributed by atoms with Gasteiger partial charge in [-0.25, -0.2) is 9.97 Å². The van der Waals surface area contributed by atoms with Gasteiger partial charge in [0.05, 0.1) is 34.8 Å². The zero-order chi connectivity index (χ0) is 25.9. The molecule has 8 heteroatoms. The molecule has 1 saturated heterocycles. The van der Waals surface area contributed by atoms with Crippen molar-refractivity contribution in [2.24, 2.45) is 5.92 Å². The normalized spacial score (nSPS) is 15.1. The zero-order valence-corrected chi connectivity index (χ0v) is 21.8. The highest BCUT2D eigenvalue weighted by Crippen LogP contribution is 2.31. The van der Waals surface area contributed by atoms with Gasteiger partial charge in [-0.3, -0.25) is 10.1 Å². The van der Waals surface area contributed by atoms with E-state index in [0.717, 1.165) is 63.5 Å². The summed E-state index contributed by atoms with van der Waals surface area (Å²) in [6.07, 6.45) is 13.3. The summed E-state index contributed by atoms with van der Waals surface area (Å²) in [7, 11) is 0. The SMILES string of the molecule is C=C/C(=C\C(=C/C)c1ccc2[nH]nc(-c3nc4c(N5CCCCC5)cncc4[nH]3)c2n1)NC(=C)C(C)C. The Morgan fingerprint density at radius 1 is 1.08 bits per heavy atom. The first-order valence-electron chi connectivity index (χ1n) is 12.9. The van der Waals surface area contributed by atoms with Gasteiger partial charge >= 0.3 is 0 Å². The number of aromatic nitrogens is 6. The summed E-state index contributed by atoms with van der Waals surface area (Å²) >= 11 is 0. The highest BCUT2D eigenvalue weighted by Gasteiger charge is 2.20. The molecule has 1 aliphatic heterocycles. The Kier molecular flexibility index (Phi) is 6.90. The van der Waals surface area contributed by atoms with Crippen molar-refractivity contribution in [2.45, 2.75) is 40.0 Å². The maximum atomic E-state index is 4.99. The second kappa shape index (κ2) is 10.4. The molecule has 0 atom stereocenters. The van der Waals surface area contributed by atoms with Crippen LogP contribution < -0.4 is 10.2 Å². The van der Waals surface area contributed by atoms with E-state index in [2.05, 4.69) is 57.4 Å². The molecule has 5 rings (SSSR count). The highest BCUT2D eigenvalue weighted by molar-refractivity contribution is 5.94. The molecule has 1 aliphatic rings. The molecule has 0 amide bonds. The summed E-state index contributed by atoms with van der Waals surface area (Å²) < 4.78 is 0. The lowest BCUT2D eigenvalue weighted by atomic mass is 10.1. The molecule has 1 fully saturated rings. The summed E-state index contributed by atoms with van der Waals surface area (Å²) in [4.78, 5) is 20.2. The Balaban J connectivity index is 1.52. The van der Waals surface area contributed by atoms with Gasteiger partial charge < -0.3 is 15.2 Å². The lowest BCUT2D eigenvalue weighted by Gasteiger charge is -2.28. The first-order chi connectivity index (χ1) is 18.0. The summed E-state index contributed by atoms with van der Waals surface area (Å²) in [5.41, 5.74) is 8.79. The number of nitrogens with zero attached hydrogens (tertiary/aromatic N) is 5. The minimum absolute atomic E-state index is 0.315. The van der Waals surface area contributed by atoms with Crippen molar-refractivity contribution in [3.05, 3.63) is 73.0 Å². The van der Waals surface area contributed by atoms with Crippen molar-refractivity contribution in [1.29, 1.82) is 0 Å². The third-order valence-electron chi connectivity index (χ3n) is 6.84. The minimum atomic E-state index is 0.315. The van der Waals surface area contributed by atoms with Crippen molar-refractivity contribution in [2.75, 3.05) is 18.0 Å². The summed E-state index contributed by atoms with van der Waals surface area (Å²) in [6.45, 7) is 16.3. The predicted octanol–water partition coefficient (Wildman–Crippen LogP) is 6.12. The molecular weight excluding hydrogens is 460 g/mol. The number of allylic oxidation sites excluding steroid dienone is 5. The van der Waals surface area contributed by atoms with Crippen LogP contribution in [0.4, 0.5) is 5.69 Å². The Morgan fingerprint density at radius 2 is 1.89 bits per heavy atom.